The van der Waals surface area contributed by atoms with Crippen molar-refractivity contribution >= 4 is 5.91 Å². The van der Waals surface area contributed by atoms with Crippen molar-refractivity contribution in [3.63, 3.8) is 0 Å². The van der Waals surface area contributed by atoms with Crippen LogP contribution in [-0.4, -0.2) is 30.2 Å². The van der Waals surface area contributed by atoms with Crippen molar-refractivity contribution in [1.29, 1.82) is 0 Å². The summed E-state index contributed by atoms with van der Waals surface area (Å²) in [6.45, 7) is 6.77. The number of aliphatic hydroxyl groups excluding tert-OH is 1. The van der Waals surface area contributed by atoms with Crippen LogP contribution >= 0.6 is 0 Å². The van der Waals surface area contributed by atoms with Gasteiger partial charge in [0.2, 0.25) is 5.91 Å². The maximum absolute atomic E-state index is 11.9. The van der Waals surface area contributed by atoms with Crippen LogP contribution in [0.3, 0.4) is 0 Å². The Labute approximate surface area is 110 Å². The van der Waals surface area contributed by atoms with E-state index in [9.17, 15) is 9.90 Å². The van der Waals surface area contributed by atoms with Gasteiger partial charge in [-0.1, -0.05) is 33.6 Å². The van der Waals surface area contributed by atoms with Gasteiger partial charge in [0.15, 0.2) is 0 Å². The average Bonchev–Trinajstić information content (AvgIpc) is 2.34. The van der Waals surface area contributed by atoms with Gasteiger partial charge in [-0.05, 0) is 30.1 Å². The smallest absolute Gasteiger partial charge is 0.237 e. The number of hydrogen-bond acceptors (Lipinski definition) is 3. The van der Waals surface area contributed by atoms with E-state index in [2.05, 4.69) is 5.32 Å². The zero-order valence-electron chi connectivity index (χ0n) is 11.9. The fourth-order valence-electron chi connectivity index (χ4n) is 2.53. The molecule has 3 atom stereocenters. The molecule has 0 heterocycles. The lowest BCUT2D eigenvalue weighted by atomic mass is 9.79. The van der Waals surface area contributed by atoms with E-state index in [1.165, 1.54) is 12.8 Å². The van der Waals surface area contributed by atoms with Crippen LogP contribution < -0.4 is 11.1 Å². The SMILES string of the molecule is CC(C)(C)C(N)C(=O)NCC1CCCCC1CO. The predicted octanol–water partition coefficient (Wildman–Crippen LogP) is 1.27. The van der Waals surface area contributed by atoms with E-state index in [0.717, 1.165) is 12.8 Å². The molecule has 0 radical (unpaired) electrons. The van der Waals surface area contributed by atoms with Crippen molar-refractivity contribution < 1.29 is 9.90 Å². The summed E-state index contributed by atoms with van der Waals surface area (Å²) < 4.78 is 0. The second kappa shape index (κ2) is 6.53. The van der Waals surface area contributed by atoms with Crippen molar-refractivity contribution in [2.45, 2.75) is 52.5 Å². The molecule has 1 aliphatic rings. The van der Waals surface area contributed by atoms with Crippen molar-refractivity contribution in [1.82, 2.24) is 5.32 Å². The van der Waals surface area contributed by atoms with E-state index in [0.29, 0.717) is 18.4 Å². The average molecular weight is 256 g/mol. The molecule has 1 aliphatic carbocycles. The van der Waals surface area contributed by atoms with Crippen molar-refractivity contribution in [2.75, 3.05) is 13.2 Å². The van der Waals surface area contributed by atoms with Gasteiger partial charge in [0.05, 0.1) is 6.04 Å². The first kappa shape index (κ1) is 15.4. The highest BCUT2D eigenvalue weighted by Crippen LogP contribution is 2.29. The zero-order valence-corrected chi connectivity index (χ0v) is 11.9. The number of carbonyl (C=O) groups is 1. The van der Waals surface area contributed by atoms with Crippen LogP contribution in [0, 0.1) is 17.3 Å². The monoisotopic (exact) mass is 256 g/mol. The van der Waals surface area contributed by atoms with Gasteiger partial charge in [-0.15, -0.1) is 0 Å². The number of carbonyl (C=O) groups excluding carboxylic acids is 1. The van der Waals surface area contributed by atoms with Gasteiger partial charge in [0.25, 0.3) is 0 Å². The third kappa shape index (κ3) is 4.25. The minimum atomic E-state index is -0.478. The summed E-state index contributed by atoms with van der Waals surface area (Å²) in [6.07, 6.45) is 4.55. The summed E-state index contributed by atoms with van der Waals surface area (Å²) >= 11 is 0. The molecule has 0 aromatic carbocycles. The van der Waals surface area contributed by atoms with Gasteiger partial charge in [-0.3, -0.25) is 4.79 Å². The molecule has 1 fully saturated rings. The molecule has 0 aromatic heterocycles. The highest BCUT2D eigenvalue weighted by molar-refractivity contribution is 5.82. The number of hydrogen-bond donors (Lipinski definition) is 3. The third-order valence-corrected chi connectivity index (χ3v) is 4.05. The predicted molar refractivity (Wildman–Crippen MR) is 73.0 cm³/mol. The molecular formula is C14H28N2O2. The molecule has 0 bridgehead atoms. The van der Waals surface area contributed by atoms with Gasteiger partial charge in [-0.25, -0.2) is 0 Å². The number of nitrogens with two attached hydrogens (primary N) is 1. The Kier molecular flexibility index (Phi) is 5.60. The van der Waals surface area contributed by atoms with Crippen molar-refractivity contribution in [2.24, 2.45) is 23.0 Å². The fourth-order valence-corrected chi connectivity index (χ4v) is 2.53. The van der Waals surface area contributed by atoms with Gasteiger partial charge in [0, 0.05) is 13.2 Å². The third-order valence-electron chi connectivity index (χ3n) is 4.05. The van der Waals surface area contributed by atoms with Crippen LogP contribution in [0.15, 0.2) is 0 Å². The summed E-state index contributed by atoms with van der Waals surface area (Å²) in [5, 5.41) is 12.3. The molecule has 1 rings (SSSR count). The first-order chi connectivity index (χ1) is 8.36. The molecule has 0 aliphatic heterocycles. The Morgan fingerprint density at radius 2 is 1.89 bits per heavy atom. The van der Waals surface area contributed by atoms with E-state index in [1.807, 2.05) is 20.8 Å². The number of aliphatic hydroxyl groups is 1. The van der Waals surface area contributed by atoms with Crippen LogP contribution in [0.2, 0.25) is 0 Å². The van der Waals surface area contributed by atoms with Crippen LogP contribution in [0.4, 0.5) is 0 Å². The normalized spacial score (nSPS) is 26.7. The summed E-state index contributed by atoms with van der Waals surface area (Å²) in [6, 6.07) is -0.478. The quantitative estimate of drug-likeness (QED) is 0.709. The van der Waals surface area contributed by atoms with Crippen molar-refractivity contribution in [3.05, 3.63) is 0 Å². The van der Waals surface area contributed by atoms with Gasteiger partial charge < -0.3 is 16.2 Å². The molecule has 4 nitrogen and oxygen atoms in total. The van der Waals surface area contributed by atoms with Crippen LogP contribution in [0.25, 0.3) is 0 Å². The summed E-state index contributed by atoms with van der Waals surface area (Å²) in [7, 11) is 0. The van der Waals surface area contributed by atoms with Crippen LogP contribution in [0.5, 0.6) is 0 Å². The molecule has 1 saturated carbocycles. The van der Waals surface area contributed by atoms with E-state index in [4.69, 9.17) is 5.73 Å². The Bertz CT molecular complexity index is 273. The number of nitrogens with one attached hydrogen (secondary N) is 1. The second-order valence-electron chi connectivity index (χ2n) is 6.58. The molecule has 18 heavy (non-hydrogen) atoms. The minimum Gasteiger partial charge on any atom is -0.396 e. The molecule has 0 aromatic rings. The molecule has 0 spiro atoms. The molecule has 106 valence electrons. The molecular weight excluding hydrogens is 228 g/mol. The van der Waals surface area contributed by atoms with Crippen LogP contribution in [-0.2, 0) is 4.79 Å². The number of amides is 1. The molecule has 1 amide bonds. The topological polar surface area (TPSA) is 75.4 Å². The first-order valence-corrected chi connectivity index (χ1v) is 7.00. The maximum atomic E-state index is 11.9. The lowest BCUT2D eigenvalue weighted by Crippen LogP contribution is -2.50. The van der Waals surface area contributed by atoms with E-state index in [1.54, 1.807) is 0 Å². The lowest BCUT2D eigenvalue weighted by molar-refractivity contribution is -0.124. The summed E-state index contributed by atoms with van der Waals surface area (Å²) in [5.41, 5.74) is 5.70. The van der Waals surface area contributed by atoms with Crippen molar-refractivity contribution in [3.8, 4) is 0 Å². The maximum Gasteiger partial charge on any atom is 0.237 e. The summed E-state index contributed by atoms with van der Waals surface area (Å²) in [5.74, 6) is 0.662. The Balaban J connectivity index is 2.42. The molecule has 0 saturated heterocycles. The largest absolute Gasteiger partial charge is 0.396 e. The highest BCUT2D eigenvalue weighted by Gasteiger charge is 2.29. The lowest BCUT2D eigenvalue weighted by Gasteiger charge is -2.32. The number of rotatable bonds is 4. The molecule has 4 heteroatoms. The Hall–Kier alpha value is -0.610. The highest BCUT2D eigenvalue weighted by atomic mass is 16.3. The van der Waals surface area contributed by atoms with E-state index in [-0.39, 0.29) is 17.9 Å². The first-order valence-electron chi connectivity index (χ1n) is 7.00. The van der Waals surface area contributed by atoms with Gasteiger partial charge >= 0.3 is 0 Å². The van der Waals surface area contributed by atoms with E-state index >= 15 is 0 Å². The standard InChI is InChI=1S/C14H28N2O2/c1-14(2,3)12(15)13(18)16-8-10-6-4-5-7-11(10)9-17/h10-12,17H,4-9,15H2,1-3H3,(H,16,18). The van der Waals surface area contributed by atoms with Gasteiger partial charge in [0.1, 0.15) is 0 Å². The molecule has 4 N–H and O–H groups in total. The second-order valence-corrected chi connectivity index (χ2v) is 6.58. The fraction of sp³-hybridized carbons (Fsp3) is 0.929. The summed E-state index contributed by atoms with van der Waals surface area (Å²) in [4.78, 5) is 11.9. The van der Waals surface area contributed by atoms with E-state index < -0.39 is 6.04 Å². The Morgan fingerprint density at radius 1 is 1.33 bits per heavy atom. The van der Waals surface area contributed by atoms with Gasteiger partial charge in [-0.2, -0.15) is 0 Å². The zero-order chi connectivity index (χ0) is 13.8. The Morgan fingerprint density at radius 3 is 2.39 bits per heavy atom. The minimum absolute atomic E-state index is 0.0789. The molecule has 3 unspecified atom stereocenters. The van der Waals surface area contributed by atoms with Crippen LogP contribution in [0.1, 0.15) is 46.5 Å².